The van der Waals surface area contributed by atoms with Gasteiger partial charge in [0.15, 0.2) is 0 Å². The van der Waals surface area contributed by atoms with Crippen molar-refractivity contribution >= 4 is 49.4 Å². The molecular weight excluding hydrogens is 564 g/mol. The molecule has 0 bridgehead atoms. The molecule has 2 aromatic carbocycles. The quantitative estimate of drug-likeness (QED) is 0.331. The minimum atomic E-state index is 0.198. The number of benzene rings is 2. The zero-order valence-corrected chi connectivity index (χ0v) is 22.2. The predicted octanol–water partition coefficient (Wildman–Crippen LogP) is 6.97. The number of nitrogens with zero attached hydrogens (tertiary/aromatic N) is 2. The van der Waals surface area contributed by atoms with Crippen LogP contribution in [0, 0.1) is 5.92 Å². The molecule has 1 aliphatic heterocycles. The van der Waals surface area contributed by atoms with Crippen molar-refractivity contribution in [3.8, 4) is 0 Å². The summed E-state index contributed by atoms with van der Waals surface area (Å²) in [5.74, 6) is 0.840. The summed E-state index contributed by atoms with van der Waals surface area (Å²) in [6, 6.07) is 16.4. The normalized spacial score (nSPS) is 18.4. The minimum absolute atomic E-state index is 0.198. The molecule has 0 unspecified atom stereocenters. The van der Waals surface area contributed by atoms with Gasteiger partial charge < -0.3 is 4.90 Å². The standard InChI is InChI=1S/C27H25Br2ClN2O/c28-21-13-20-7-6-19-14-22(30)15-23(29)25(19)26(27(20)31-16-21)18-8-10-32(11-9-18)24(33)12-17-4-2-1-3-5-17/h1-5,13-16,18,26H,6-12H2/t26-/m0/s1. The van der Waals surface area contributed by atoms with Gasteiger partial charge in [-0.3, -0.25) is 9.78 Å². The lowest BCUT2D eigenvalue weighted by molar-refractivity contribution is -0.131. The maximum absolute atomic E-state index is 12.9. The van der Waals surface area contributed by atoms with Gasteiger partial charge >= 0.3 is 0 Å². The molecular formula is C27H25Br2ClN2O. The van der Waals surface area contributed by atoms with Crippen LogP contribution in [0.2, 0.25) is 5.02 Å². The number of halogens is 3. The van der Waals surface area contributed by atoms with E-state index in [0.717, 1.165) is 58.3 Å². The van der Waals surface area contributed by atoms with Gasteiger partial charge in [0.05, 0.1) is 12.1 Å². The molecule has 1 fully saturated rings. The summed E-state index contributed by atoms with van der Waals surface area (Å²) in [6.45, 7) is 1.58. The third-order valence-corrected chi connectivity index (χ3v) is 8.29. The molecule has 1 saturated heterocycles. The van der Waals surface area contributed by atoms with Crippen LogP contribution in [0.15, 0.2) is 63.7 Å². The van der Waals surface area contributed by atoms with E-state index in [1.807, 2.05) is 47.5 Å². The van der Waals surface area contributed by atoms with Crippen molar-refractivity contribution in [2.75, 3.05) is 13.1 Å². The lowest BCUT2D eigenvalue weighted by Crippen LogP contribution is -2.40. The van der Waals surface area contributed by atoms with Crippen LogP contribution < -0.4 is 0 Å². The van der Waals surface area contributed by atoms with Crippen molar-refractivity contribution in [1.82, 2.24) is 9.88 Å². The lowest BCUT2D eigenvalue weighted by atomic mass is 9.76. The molecule has 0 radical (unpaired) electrons. The fourth-order valence-corrected chi connectivity index (χ4v) is 6.89. The van der Waals surface area contributed by atoms with Crippen molar-refractivity contribution in [2.45, 2.75) is 38.0 Å². The minimum Gasteiger partial charge on any atom is -0.342 e. The van der Waals surface area contributed by atoms with Gasteiger partial charge in [-0.2, -0.15) is 0 Å². The Bertz CT molecular complexity index is 1180. The maximum Gasteiger partial charge on any atom is 0.226 e. The van der Waals surface area contributed by atoms with Crippen LogP contribution in [0.4, 0.5) is 0 Å². The second kappa shape index (κ2) is 9.89. The second-order valence-corrected chi connectivity index (χ2v) is 11.2. The van der Waals surface area contributed by atoms with E-state index < -0.39 is 0 Å². The first-order chi connectivity index (χ1) is 16.0. The molecule has 1 aliphatic carbocycles. The fraction of sp³-hybridized carbons (Fsp3) is 0.333. The van der Waals surface area contributed by atoms with Gasteiger partial charge in [-0.05, 0) is 88.0 Å². The summed E-state index contributed by atoms with van der Waals surface area (Å²) in [4.78, 5) is 19.9. The zero-order valence-electron chi connectivity index (χ0n) is 18.2. The van der Waals surface area contributed by atoms with Crippen LogP contribution in [0.1, 0.15) is 46.7 Å². The number of hydrogen-bond donors (Lipinski definition) is 0. The van der Waals surface area contributed by atoms with E-state index in [4.69, 9.17) is 16.6 Å². The molecule has 3 aromatic rings. The molecule has 1 amide bonds. The van der Waals surface area contributed by atoms with Crippen LogP contribution in [0.25, 0.3) is 0 Å². The average Bonchev–Trinajstić information content (AvgIpc) is 2.96. The van der Waals surface area contributed by atoms with E-state index in [2.05, 4.69) is 44.0 Å². The van der Waals surface area contributed by atoms with Crippen molar-refractivity contribution in [1.29, 1.82) is 0 Å². The van der Waals surface area contributed by atoms with Crippen LogP contribution in [-0.4, -0.2) is 28.9 Å². The van der Waals surface area contributed by atoms with Crippen LogP contribution in [-0.2, 0) is 24.1 Å². The maximum atomic E-state index is 12.9. The molecule has 1 aromatic heterocycles. The van der Waals surface area contributed by atoms with Crippen LogP contribution in [0.5, 0.6) is 0 Å². The zero-order chi connectivity index (χ0) is 22.9. The monoisotopic (exact) mass is 586 g/mol. The third-order valence-electron chi connectivity index (χ3n) is 6.98. The largest absolute Gasteiger partial charge is 0.342 e. The molecule has 170 valence electrons. The number of aromatic nitrogens is 1. The lowest BCUT2D eigenvalue weighted by Gasteiger charge is -2.37. The Labute approximate surface area is 216 Å². The highest BCUT2D eigenvalue weighted by Crippen LogP contribution is 2.46. The van der Waals surface area contributed by atoms with Crippen LogP contribution >= 0.6 is 43.5 Å². The average molecular weight is 589 g/mol. The Kier molecular flexibility index (Phi) is 6.91. The summed E-state index contributed by atoms with van der Waals surface area (Å²) < 4.78 is 2.08. The van der Waals surface area contributed by atoms with Crippen LogP contribution in [0.3, 0.4) is 0 Å². The van der Waals surface area contributed by atoms with E-state index in [9.17, 15) is 4.79 Å². The number of carbonyl (C=O) groups is 1. The molecule has 5 rings (SSSR count). The molecule has 0 N–H and O–H groups in total. The first-order valence-electron chi connectivity index (χ1n) is 11.4. The van der Waals surface area contributed by atoms with E-state index in [1.54, 1.807) is 0 Å². The van der Waals surface area contributed by atoms with Gasteiger partial charge in [-0.1, -0.05) is 57.9 Å². The summed E-state index contributed by atoms with van der Waals surface area (Å²) in [6.07, 6.45) is 6.23. The van der Waals surface area contributed by atoms with E-state index in [-0.39, 0.29) is 11.8 Å². The fourth-order valence-electron chi connectivity index (χ4n) is 5.39. The number of aryl methyl sites for hydroxylation is 2. The third kappa shape index (κ3) is 4.91. The Morgan fingerprint density at radius 3 is 2.52 bits per heavy atom. The number of rotatable bonds is 3. The Hall–Kier alpha value is -1.69. The Morgan fingerprint density at radius 1 is 1.03 bits per heavy atom. The molecule has 2 aliphatic rings. The number of amides is 1. The van der Waals surface area contributed by atoms with Crippen molar-refractivity contribution in [3.05, 3.63) is 96.6 Å². The smallest absolute Gasteiger partial charge is 0.226 e. The number of pyridine rings is 1. The molecule has 33 heavy (non-hydrogen) atoms. The topological polar surface area (TPSA) is 33.2 Å². The summed E-state index contributed by atoms with van der Waals surface area (Å²) in [7, 11) is 0. The molecule has 0 saturated carbocycles. The number of hydrogen-bond acceptors (Lipinski definition) is 2. The highest BCUT2D eigenvalue weighted by atomic mass is 79.9. The van der Waals surface area contributed by atoms with Gasteiger partial charge in [-0.25, -0.2) is 0 Å². The van der Waals surface area contributed by atoms with Gasteiger partial charge in [0, 0.05) is 39.2 Å². The summed E-state index contributed by atoms with van der Waals surface area (Å²) >= 11 is 13.9. The van der Waals surface area contributed by atoms with Gasteiger partial charge in [0.25, 0.3) is 0 Å². The van der Waals surface area contributed by atoms with Crippen molar-refractivity contribution in [2.24, 2.45) is 5.92 Å². The number of fused-ring (bicyclic) bond motifs is 2. The van der Waals surface area contributed by atoms with Crippen molar-refractivity contribution < 1.29 is 4.79 Å². The first kappa shape index (κ1) is 23.1. The van der Waals surface area contributed by atoms with Gasteiger partial charge in [-0.15, -0.1) is 0 Å². The Balaban J connectivity index is 1.42. The molecule has 6 heteroatoms. The van der Waals surface area contributed by atoms with Gasteiger partial charge in [0.2, 0.25) is 5.91 Å². The van der Waals surface area contributed by atoms with E-state index in [0.29, 0.717) is 12.3 Å². The SMILES string of the molecule is O=C(Cc1ccccc1)N1CCC([C@@H]2c3ncc(Br)cc3CCc3cc(Cl)cc(Br)c32)CC1. The summed E-state index contributed by atoms with van der Waals surface area (Å²) in [5.41, 5.74) is 6.18. The molecule has 2 heterocycles. The van der Waals surface area contributed by atoms with E-state index >= 15 is 0 Å². The van der Waals surface area contributed by atoms with Crippen molar-refractivity contribution in [3.63, 3.8) is 0 Å². The molecule has 3 nitrogen and oxygen atoms in total. The Morgan fingerprint density at radius 2 is 1.76 bits per heavy atom. The number of piperidine rings is 1. The summed E-state index contributed by atoms with van der Waals surface area (Å²) in [5, 5.41) is 0.765. The first-order valence-corrected chi connectivity index (χ1v) is 13.4. The number of likely N-dealkylation sites (tertiary alicyclic amines) is 1. The van der Waals surface area contributed by atoms with E-state index in [1.165, 1.54) is 22.4 Å². The van der Waals surface area contributed by atoms with Gasteiger partial charge in [0.1, 0.15) is 0 Å². The number of carbonyl (C=O) groups excluding carboxylic acids is 1. The highest BCUT2D eigenvalue weighted by molar-refractivity contribution is 9.10. The predicted molar refractivity (Wildman–Crippen MR) is 140 cm³/mol. The molecule has 0 spiro atoms. The second-order valence-electron chi connectivity index (χ2n) is 9.02. The molecule has 1 atom stereocenters. The highest BCUT2D eigenvalue weighted by Gasteiger charge is 2.36.